The van der Waals surface area contributed by atoms with Gasteiger partial charge in [-0.2, -0.15) is 4.98 Å². The van der Waals surface area contributed by atoms with E-state index in [0.717, 1.165) is 12.8 Å². The van der Waals surface area contributed by atoms with Crippen LogP contribution in [0.3, 0.4) is 0 Å². The first-order valence-corrected chi connectivity index (χ1v) is 11.1. The zero-order valence-electron chi connectivity index (χ0n) is 18.1. The number of piperazine rings is 1. The molecular weight excluding hydrogens is 406 g/mol. The first-order valence-electron chi connectivity index (χ1n) is 10.7. The summed E-state index contributed by atoms with van der Waals surface area (Å²) in [6.45, 7) is 9.37. The van der Waals surface area contributed by atoms with Gasteiger partial charge in [0, 0.05) is 36.8 Å². The Labute approximate surface area is 182 Å². The van der Waals surface area contributed by atoms with E-state index in [2.05, 4.69) is 9.88 Å². The van der Waals surface area contributed by atoms with E-state index in [-0.39, 0.29) is 18.2 Å². The lowest BCUT2D eigenvalue weighted by Crippen LogP contribution is -2.54. The van der Waals surface area contributed by atoms with Crippen LogP contribution < -0.4 is 9.64 Å². The van der Waals surface area contributed by atoms with Crippen molar-refractivity contribution in [2.45, 2.75) is 71.1 Å². The number of aromatic nitrogens is 1. The molecule has 0 bridgehead atoms. The summed E-state index contributed by atoms with van der Waals surface area (Å²) in [6.07, 6.45) is 4.41. The molecule has 164 valence electrons. The van der Waals surface area contributed by atoms with Gasteiger partial charge < -0.3 is 23.7 Å². The summed E-state index contributed by atoms with van der Waals surface area (Å²) in [5.41, 5.74) is 0.808. The van der Waals surface area contributed by atoms with Gasteiger partial charge in [-0.1, -0.05) is 11.6 Å². The van der Waals surface area contributed by atoms with Gasteiger partial charge in [-0.3, -0.25) is 0 Å². The second kappa shape index (κ2) is 8.17. The Bertz CT molecular complexity index is 917. The molecule has 2 aliphatic rings. The number of halogens is 1. The summed E-state index contributed by atoms with van der Waals surface area (Å²) in [5.74, 6) is 0.656. The third-order valence-electron chi connectivity index (χ3n) is 5.53. The molecule has 0 N–H and O–H groups in total. The fourth-order valence-electron chi connectivity index (χ4n) is 4.09. The maximum Gasteiger partial charge on any atom is 0.410 e. The van der Waals surface area contributed by atoms with E-state index in [9.17, 15) is 4.79 Å². The molecule has 0 spiro atoms. The molecule has 7 nitrogen and oxygen atoms in total. The molecule has 1 saturated heterocycles. The average Bonchev–Trinajstić information content (AvgIpc) is 3.29. The monoisotopic (exact) mass is 435 g/mol. The Morgan fingerprint density at radius 3 is 2.63 bits per heavy atom. The van der Waals surface area contributed by atoms with Crippen molar-refractivity contribution in [3.05, 3.63) is 17.2 Å². The van der Waals surface area contributed by atoms with Crippen molar-refractivity contribution in [2.75, 3.05) is 24.5 Å². The van der Waals surface area contributed by atoms with Crippen LogP contribution in [-0.4, -0.2) is 53.4 Å². The highest BCUT2D eigenvalue weighted by atomic mass is 35.5. The third kappa shape index (κ3) is 4.61. The summed E-state index contributed by atoms with van der Waals surface area (Å²) in [7, 11) is 0. The maximum absolute atomic E-state index is 12.4. The van der Waals surface area contributed by atoms with Crippen molar-refractivity contribution in [2.24, 2.45) is 0 Å². The van der Waals surface area contributed by atoms with Crippen LogP contribution in [-0.2, 0) is 4.74 Å². The molecule has 1 amide bonds. The molecule has 1 saturated carbocycles. The summed E-state index contributed by atoms with van der Waals surface area (Å²) in [4.78, 5) is 20.9. The molecule has 1 aromatic carbocycles. The number of carbonyl (C=O) groups is 1. The van der Waals surface area contributed by atoms with Gasteiger partial charge in [0.1, 0.15) is 11.1 Å². The van der Waals surface area contributed by atoms with Crippen LogP contribution in [0.4, 0.5) is 10.8 Å². The Balaban J connectivity index is 1.51. The Hall–Kier alpha value is -2.15. The van der Waals surface area contributed by atoms with E-state index in [1.165, 1.54) is 12.8 Å². The minimum atomic E-state index is -0.507. The zero-order valence-corrected chi connectivity index (χ0v) is 18.9. The predicted octanol–water partition coefficient (Wildman–Crippen LogP) is 5.25. The highest BCUT2D eigenvalue weighted by molar-refractivity contribution is 6.31. The number of nitrogens with zero attached hydrogens (tertiary/aromatic N) is 3. The molecule has 2 heterocycles. The van der Waals surface area contributed by atoms with Crippen LogP contribution in [0, 0.1) is 0 Å². The van der Waals surface area contributed by atoms with Crippen molar-refractivity contribution in [3.8, 4) is 5.75 Å². The van der Waals surface area contributed by atoms with Crippen molar-refractivity contribution < 1.29 is 18.7 Å². The lowest BCUT2D eigenvalue weighted by atomic mass is 10.2. The number of benzene rings is 1. The highest BCUT2D eigenvalue weighted by Crippen LogP contribution is 2.36. The maximum atomic E-state index is 12.4. The van der Waals surface area contributed by atoms with Gasteiger partial charge in [0.05, 0.1) is 6.10 Å². The van der Waals surface area contributed by atoms with E-state index in [0.29, 0.717) is 47.5 Å². The van der Waals surface area contributed by atoms with Crippen LogP contribution in [0.15, 0.2) is 16.5 Å². The molecule has 1 aromatic heterocycles. The fraction of sp³-hybridized carbons (Fsp3) is 0.636. The predicted molar refractivity (Wildman–Crippen MR) is 117 cm³/mol. The Morgan fingerprint density at radius 1 is 1.23 bits per heavy atom. The van der Waals surface area contributed by atoms with Crippen molar-refractivity contribution in [1.29, 1.82) is 0 Å². The molecule has 30 heavy (non-hydrogen) atoms. The molecule has 1 atom stereocenters. The van der Waals surface area contributed by atoms with E-state index in [4.69, 9.17) is 25.5 Å². The molecule has 0 unspecified atom stereocenters. The van der Waals surface area contributed by atoms with Gasteiger partial charge in [0.25, 0.3) is 6.01 Å². The first kappa shape index (κ1) is 21.1. The average molecular weight is 436 g/mol. The molecule has 1 aliphatic carbocycles. The zero-order chi connectivity index (χ0) is 21.5. The first-order chi connectivity index (χ1) is 14.2. The normalized spacial score (nSPS) is 20.8. The Morgan fingerprint density at radius 2 is 1.97 bits per heavy atom. The van der Waals surface area contributed by atoms with Crippen molar-refractivity contribution in [1.82, 2.24) is 9.88 Å². The van der Waals surface area contributed by atoms with Crippen LogP contribution >= 0.6 is 11.6 Å². The standard InChI is InChI=1S/C22H30ClN3O4/c1-14-13-25(21(27)30-22(2,3)4)9-10-26(14)20-24-17-11-15(23)12-18(19(17)29-20)28-16-7-5-6-8-16/h11-12,14,16H,5-10,13H2,1-4H3/t14-/m0/s1. The molecular formula is C22H30ClN3O4. The molecule has 1 aliphatic heterocycles. The minimum Gasteiger partial charge on any atom is -0.486 e. The number of hydrogen-bond acceptors (Lipinski definition) is 6. The third-order valence-corrected chi connectivity index (χ3v) is 5.75. The SMILES string of the molecule is C[C@H]1CN(C(=O)OC(C)(C)C)CCN1c1nc2cc(Cl)cc(OC3CCCC3)c2o1. The Kier molecular flexibility index (Phi) is 5.75. The van der Waals surface area contributed by atoms with Crippen molar-refractivity contribution in [3.63, 3.8) is 0 Å². The number of hydrogen-bond donors (Lipinski definition) is 0. The van der Waals surface area contributed by atoms with E-state index in [1.807, 2.05) is 27.7 Å². The molecule has 2 fully saturated rings. The number of amides is 1. The lowest BCUT2D eigenvalue weighted by Gasteiger charge is -2.39. The van der Waals surface area contributed by atoms with E-state index in [1.54, 1.807) is 17.0 Å². The minimum absolute atomic E-state index is 0.0361. The van der Waals surface area contributed by atoms with Gasteiger partial charge >= 0.3 is 6.09 Å². The number of oxazole rings is 1. The fourth-order valence-corrected chi connectivity index (χ4v) is 4.29. The van der Waals surface area contributed by atoms with E-state index < -0.39 is 5.60 Å². The summed E-state index contributed by atoms with van der Waals surface area (Å²) < 4.78 is 17.8. The van der Waals surface area contributed by atoms with Crippen molar-refractivity contribution >= 4 is 34.8 Å². The smallest absolute Gasteiger partial charge is 0.410 e. The lowest BCUT2D eigenvalue weighted by molar-refractivity contribution is 0.0216. The number of rotatable bonds is 3. The van der Waals surface area contributed by atoms with Gasteiger partial charge in [-0.15, -0.1) is 0 Å². The summed E-state index contributed by atoms with van der Waals surface area (Å²) >= 11 is 6.31. The molecule has 4 rings (SSSR count). The second-order valence-electron chi connectivity index (χ2n) is 9.24. The van der Waals surface area contributed by atoms with Crippen LogP contribution in [0.1, 0.15) is 53.4 Å². The number of anilines is 1. The number of carbonyl (C=O) groups excluding carboxylic acids is 1. The molecule has 8 heteroatoms. The van der Waals surface area contributed by atoms with Gasteiger partial charge in [0.2, 0.25) is 0 Å². The number of fused-ring (bicyclic) bond motifs is 1. The van der Waals surface area contributed by atoms with Crippen LogP contribution in [0.2, 0.25) is 5.02 Å². The van der Waals surface area contributed by atoms with Crippen LogP contribution in [0.25, 0.3) is 11.1 Å². The summed E-state index contributed by atoms with van der Waals surface area (Å²) in [6, 6.07) is 4.17. The topological polar surface area (TPSA) is 68.0 Å². The molecule has 0 radical (unpaired) electrons. The quantitative estimate of drug-likeness (QED) is 0.656. The number of ether oxygens (including phenoxy) is 2. The molecule has 2 aromatic rings. The largest absolute Gasteiger partial charge is 0.486 e. The van der Waals surface area contributed by atoms with Crippen LogP contribution in [0.5, 0.6) is 5.75 Å². The van der Waals surface area contributed by atoms with Gasteiger partial charge in [-0.05, 0) is 59.4 Å². The highest BCUT2D eigenvalue weighted by Gasteiger charge is 2.32. The van der Waals surface area contributed by atoms with E-state index >= 15 is 0 Å². The van der Waals surface area contributed by atoms with Gasteiger partial charge in [0.15, 0.2) is 11.3 Å². The van der Waals surface area contributed by atoms with Gasteiger partial charge in [-0.25, -0.2) is 4.79 Å². The summed E-state index contributed by atoms with van der Waals surface area (Å²) in [5, 5.41) is 0.582. The second-order valence-corrected chi connectivity index (χ2v) is 9.68.